The lowest BCUT2D eigenvalue weighted by molar-refractivity contribution is 0.0891. The number of aliphatic imine (C=N–C) groups is 1. The highest BCUT2D eigenvalue weighted by Crippen LogP contribution is 2.24. The zero-order valence-electron chi connectivity index (χ0n) is 18.4. The van der Waals surface area contributed by atoms with E-state index in [1.54, 1.807) is 0 Å². The van der Waals surface area contributed by atoms with Gasteiger partial charge in [0.05, 0.1) is 6.54 Å². The highest BCUT2D eigenvalue weighted by atomic mass is 15.3. The molecule has 1 aromatic carbocycles. The Kier molecular flexibility index (Phi) is 7.72. The molecule has 0 saturated carbocycles. The minimum atomic E-state index is 0.481. The molecule has 0 amide bonds. The number of likely N-dealkylation sites (N-methyl/N-ethyl adjacent to an activating group) is 1. The lowest BCUT2D eigenvalue weighted by Crippen LogP contribution is -2.47. The van der Waals surface area contributed by atoms with Crippen molar-refractivity contribution in [3.8, 4) is 0 Å². The van der Waals surface area contributed by atoms with E-state index in [1.807, 2.05) is 7.05 Å². The van der Waals surface area contributed by atoms with Crippen molar-refractivity contribution < 1.29 is 0 Å². The van der Waals surface area contributed by atoms with Gasteiger partial charge < -0.3 is 19.7 Å². The van der Waals surface area contributed by atoms with Gasteiger partial charge in [-0.05, 0) is 31.2 Å². The standard InChI is InChI=1S/C23H36N6/c1-24-23(28(4)18-21-12-8-14-27(21)3)25-13-9-15-29-17-16-26(2)19-22(29)20-10-6-5-7-11-20/h5-8,10-12,14,22H,9,13,15-19H2,1-4H3,(H,24,25). The maximum absolute atomic E-state index is 4.46. The molecule has 1 N–H and O–H groups in total. The van der Waals surface area contributed by atoms with E-state index < -0.39 is 0 Å². The minimum absolute atomic E-state index is 0.481. The Balaban J connectivity index is 1.48. The molecule has 0 aliphatic carbocycles. The van der Waals surface area contributed by atoms with Crippen molar-refractivity contribution in [1.29, 1.82) is 0 Å². The molecule has 1 aliphatic rings. The first kappa shape index (κ1) is 21.4. The fourth-order valence-electron chi connectivity index (χ4n) is 4.06. The van der Waals surface area contributed by atoms with E-state index in [0.29, 0.717) is 6.04 Å². The molecule has 0 spiro atoms. The summed E-state index contributed by atoms with van der Waals surface area (Å²) in [5.41, 5.74) is 2.70. The zero-order chi connectivity index (χ0) is 20.6. The second kappa shape index (κ2) is 10.5. The number of nitrogens with one attached hydrogen (secondary N) is 1. The quantitative estimate of drug-likeness (QED) is 0.443. The van der Waals surface area contributed by atoms with Crippen LogP contribution in [-0.2, 0) is 13.6 Å². The molecule has 1 aromatic heterocycles. The van der Waals surface area contributed by atoms with Crippen LogP contribution < -0.4 is 5.32 Å². The number of rotatable bonds is 7. The van der Waals surface area contributed by atoms with Crippen molar-refractivity contribution in [3.63, 3.8) is 0 Å². The molecule has 0 radical (unpaired) electrons. The summed E-state index contributed by atoms with van der Waals surface area (Å²) in [4.78, 5) is 11.7. The van der Waals surface area contributed by atoms with Gasteiger partial charge in [-0.15, -0.1) is 0 Å². The highest BCUT2D eigenvalue weighted by Gasteiger charge is 2.25. The number of hydrogen-bond donors (Lipinski definition) is 1. The van der Waals surface area contributed by atoms with E-state index in [1.165, 1.54) is 11.3 Å². The van der Waals surface area contributed by atoms with Gasteiger partial charge in [0.15, 0.2) is 5.96 Å². The third-order valence-corrected chi connectivity index (χ3v) is 5.81. The van der Waals surface area contributed by atoms with E-state index in [0.717, 1.165) is 51.6 Å². The van der Waals surface area contributed by atoms with Crippen molar-refractivity contribution in [2.45, 2.75) is 19.0 Å². The van der Waals surface area contributed by atoms with Crippen LogP contribution in [0.15, 0.2) is 53.7 Å². The Bertz CT molecular complexity index is 769. The van der Waals surface area contributed by atoms with Crippen molar-refractivity contribution in [2.24, 2.45) is 12.0 Å². The predicted octanol–water partition coefficient (Wildman–Crippen LogP) is 2.41. The van der Waals surface area contributed by atoms with Crippen molar-refractivity contribution in [1.82, 2.24) is 24.6 Å². The summed E-state index contributed by atoms with van der Waals surface area (Å²) >= 11 is 0. The number of guanidine groups is 1. The highest BCUT2D eigenvalue weighted by molar-refractivity contribution is 5.79. The van der Waals surface area contributed by atoms with Crippen LogP contribution in [0.5, 0.6) is 0 Å². The molecule has 2 heterocycles. The Labute approximate surface area is 175 Å². The molecule has 2 aromatic rings. The normalized spacial score (nSPS) is 18.8. The molecule has 6 heteroatoms. The van der Waals surface area contributed by atoms with Crippen LogP contribution in [-0.4, -0.2) is 79.1 Å². The largest absolute Gasteiger partial charge is 0.356 e. The Morgan fingerprint density at radius 2 is 1.93 bits per heavy atom. The fourth-order valence-corrected chi connectivity index (χ4v) is 4.06. The monoisotopic (exact) mass is 396 g/mol. The second-order valence-electron chi connectivity index (χ2n) is 8.02. The zero-order valence-corrected chi connectivity index (χ0v) is 18.4. The third kappa shape index (κ3) is 5.84. The van der Waals surface area contributed by atoms with Crippen LogP contribution in [0, 0.1) is 0 Å². The summed E-state index contributed by atoms with van der Waals surface area (Å²) in [7, 11) is 8.25. The van der Waals surface area contributed by atoms with E-state index in [-0.39, 0.29) is 0 Å². The number of hydrogen-bond acceptors (Lipinski definition) is 3. The molecule has 1 saturated heterocycles. The fraction of sp³-hybridized carbons (Fsp3) is 0.522. The summed E-state index contributed by atoms with van der Waals surface area (Å²) in [5, 5.41) is 3.53. The number of aromatic nitrogens is 1. The van der Waals surface area contributed by atoms with Gasteiger partial charge in [0.1, 0.15) is 0 Å². The van der Waals surface area contributed by atoms with Gasteiger partial charge in [0.2, 0.25) is 0 Å². The van der Waals surface area contributed by atoms with Gasteiger partial charge in [0.25, 0.3) is 0 Å². The van der Waals surface area contributed by atoms with Gasteiger partial charge in [-0.1, -0.05) is 30.3 Å². The Hall–Kier alpha value is -2.31. The maximum atomic E-state index is 4.46. The SMILES string of the molecule is CN=C(NCCCN1CCN(C)CC1c1ccccc1)N(C)Cc1cccn1C. The molecule has 1 unspecified atom stereocenters. The van der Waals surface area contributed by atoms with Crippen LogP contribution in [0.4, 0.5) is 0 Å². The summed E-state index contributed by atoms with van der Waals surface area (Å²) in [6.45, 7) is 6.23. The van der Waals surface area contributed by atoms with E-state index in [9.17, 15) is 0 Å². The van der Waals surface area contributed by atoms with Crippen LogP contribution in [0.1, 0.15) is 23.7 Å². The second-order valence-corrected chi connectivity index (χ2v) is 8.02. The molecular formula is C23H36N6. The Morgan fingerprint density at radius 1 is 1.14 bits per heavy atom. The number of benzene rings is 1. The first-order valence-electron chi connectivity index (χ1n) is 10.6. The van der Waals surface area contributed by atoms with Crippen LogP contribution in [0.3, 0.4) is 0 Å². The minimum Gasteiger partial charge on any atom is -0.356 e. The van der Waals surface area contributed by atoms with Crippen molar-refractivity contribution in [3.05, 3.63) is 59.9 Å². The number of nitrogens with zero attached hydrogens (tertiary/aromatic N) is 5. The van der Waals surface area contributed by atoms with Gasteiger partial charge >= 0.3 is 0 Å². The van der Waals surface area contributed by atoms with Crippen LogP contribution in [0.25, 0.3) is 0 Å². The smallest absolute Gasteiger partial charge is 0.193 e. The van der Waals surface area contributed by atoms with Crippen LogP contribution in [0.2, 0.25) is 0 Å². The van der Waals surface area contributed by atoms with Crippen molar-refractivity contribution >= 4 is 5.96 Å². The summed E-state index contributed by atoms with van der Waals surface area (Å²) in [5.74, 6) is 0.948. The van der Waals surface area contributed by atoms with Gasteiger partial charge in [0, 0.05) is 71.8 Å². The molecular weight excluding hydrogens is 360 g/mol. The van der Waals surface area contributed by atoms with Crippen molar-refractivity contribution in [2.75, 3.05) is 53.9 Å². The average molecular weight is 397 g/mol. The molecule has 3 rings (SSSR count). The number of aryl methyl sites for hydroxylation is 1. The maximum Gasteiger partial charge on any atom is 0.193 e. The number of piperazine rings is 1. The summed E-state index contributed by atoms with van der Waals surface area (Å²) in [6, 6.07) is 15.6. The molecule has 1 atom stereocenters. The van der Waals surface area contributed by atoms with Gasteiger partial charge in [-0.25, -0.2) is 0 Å². The lowest BCUT2D eigenvalue weighted by Gasteiger charge is -2.40. The van der Waals surface area contributed by atoms with Gasteiger partial charge in [-0.3, -0.25) is 9.89 Å². The molecule has 158 valence electrons. The molecule has 1 aliphatic heterocycles. The molecule has 0 bridgehead atoms. The summed E-state index contributed by atoms with van der Waals surface area (Å²) < 4.78 is 2.15. The predicted molar refractivity (Wildman–Crippen MR) is 121 cm³/mol. The average Bonchev–Trinajstić information content (AvgIpc) is 3.14. The Morgan fingerprint density at radius 3 is 2.62 bits per heavy atom. The topological polar surface area (TPSA) is 39.0 Å². The molecule has 6 nitrogen and oxygen atoms in total. The molecule has 1 fully saturated rings. The van der Waals surface area contributed by atoms with Crippen LogP contribution >= 0.6 is 0 Å². The van der Waals surface area contributed by atoms with Gasteiger partial charge in [-0.2, -0.15) is 0 Å². The molecule has 29 heavy (non-hydrogen) atoms. The van der Waals surface area contributed by atoms with E-state index in [4.69, 9.17) is 0 Å². The first-order chi connectivity index (χ1) is 14.1. The lowest BCUT2D eigenvalue weighted by atomic mass is 10.0. The van der Waals surface area contributed by atoms with E-state index in [2.05, 4.69) is 99.4 Å². The first-order valence-corrected chi connectivity index (χ1v) is 10.6. The third-order valence-electron chi connectivity index (χ3n) is 5.81. The van der Waals surface area contributed by atoms with E-state index >= 15 is 0 Å². The summed E-state index contributed by atoms with van der Waals surface area (Å²) in [6.07, 6.45) is 3.18.